The maximum absolute atomic E-state index is 13.4. The summed E-state index contributed by atoms with van der Waals surface area (Å²) >= 11 is 0. The topological polar surface area (TPSA) is 129 Å². The van der Waals surface area contributed by atoms with E-state index >= 15 is 0 Å². The molecule has 0 aliphatic carbocycles. The average Bonchev–Trinajstić information content (AvgIpc) is 2.92. The maximum Gasteiger partial charge on any atom is 0.267 e. The van der Waals surface area contributed by atoms with E-state index in [0.29, 0.717) is 35.9 Å². The molecule has 1 aliphatic rings. The molecule has 0 radical (unpaired) electrons. The van der Waals surface area contributed by atoms with Gasteiger partial charge in [-0.1, -0.05) is 44.5 Å². The van der Waals surface area contributed by atoms with Crippen LogP contribution in [0.25, 0.3) is 6.08 Å². The van der Waals surface area contributed by atoms with E-state index in [4.69, 9.17) is 20.9 Å². The zero-order chi connectivity index (χ0) is 27.1. The van der Waals surface area contributed by atoms with Gasteiger partial charge < -0.3 is 20.9 Å². The van der Waals surface area contributed by atoms with Crippen LogP contribution in [0.15, 0.2) is 53.8 Å². The summed E-state index contributed by atoms with van der Waals surface area (Å²) in [7, 11) is 1.59. The highest BCUT2D eigenvalue weighted by molar-refractivity contribution is 5.95. The van der Waals surface area contributed by atoms with Crippen molar-refractivity contribution in [3.8, 4) is 11.5 Å². The first-order valence-electron chi connectivity index (χ1n) is 12.8. The molecule has 0 saturated heterocycles. The summed E-state index contributed by atoms with van der Waals surface area (Å²) in [6.07, 6.45) is 9.66. The van der Waals surface area contributed by atoms with Gasteiger partial charge >= 0.3 is 0 Å². The van der Waals surface area contributed by atoms with Gasteiger partial charge in [-0.25, -0.2) is 9.99 Å². The second-order valence-corrected chi connectivity index (χ2v) is 9.07. The molecular formula is C29H34N6O3. The van der Waals surface area contributed by atoms with E-state index in [1.54, 1.807) is 30.6 Å². The minimum absolute atomic E-state index is 0.122. The minimum Gasteiger partial charge on any atom is -0.492 e. The van der Waals surface area contributed by atoms with Crippen LogP contribution in [-0.2, 0) is 11.2 Å². The number of amides is 1. The molecule has 2 aromatic carbocycles. The number of nitrogens with two attached hydrogens (primary N) is 2. The fraction of sp³-hybridized carbons (Fsp3) is 0.310. The summed E-state index contributed by atoms with van der Waals surface area (Å²) in [5.41, 5.74) is 16.2. The van der Waals surface area contributed by atoms with E-state index in [9.17, 15) is 4.79 Å². The van der Waals surface area contributed by atoms with Crippen molar-refractivity contribution in [2.45, 2.75) is 45.6 Å². The lowest BCUT2D eigenvalue weighted by molar-refractivity contribution is -0.128. The van der Waals surface area contributed by atoms with Crippen LogP contribution in [0, 0.1) is 0 Å². The van der Waals surface area contributed by atoms with E-state index in [1.165, 1.54) is 6.08 Å². The fourth-order valence-corrected chi connectivity index (χ4v) is 4.50. The molecule has 1 unspecified atom stereocenters. The molecule has 1 atom stereocenters. The molecule has 0 spiro atoms. The number of ether oxygens (including phenoxy) is 2. The van der Waals surface area contributed by atoms with Crippen LogP contribution in [0.2, 0.25) is 0 Å². The Morgan fingerprint density at radius 2 is 1.97 bits per heavy atom. The number of anilines is 2. The first-order valence-corrected chi connectivity index (χ1v) is 12.8. The fourth-order valence-electron chi connectivity index (χ4n) is 4.50. The Labute approximate surface area is 223 Å². The van der Waals surface area contributed by atoms with E-state index < -0.39 is 0 Å². The number of rotatable bonds is 10. The lowest BCUT2D eigenvalue weighted by Crippen LogP contribution is -2.32. The Bertz CT molecular complexity index is 1350. The number of benzene rings is 2. The summed E-state index contributed by atoms with van der Waals surface area (Å²) < 4.78 is 11.7. The molecule has 38 heavy (non-hydrogen) atoms. The van der Waals surface area contributed by atoms with Gasteiger partial charge in [0.15, 0.2) is 11.5 Å². The van der Waals surface area contributed by atoms with Crippen LogP contribution < -0.4 is 20.9 Å². The van der Waals surface area contributed by atoms with Crippen LogP contribution in [0.3, 0.4) is 0 Å². The Hall–Kier alpha value is -4.40. The Morgan fingerprint density at radius 1 is 1.16 bits per heavy atom. The highest BCUT2D eigenvalue weighted by Gasteiger charge is 2.27. The molecule has 1 amide bonds. The minimum atomic E-state index is -0.214. The smallest absolute Gasteiger partial charge is 0.267 e. The van der Waals surface area contributed by atoms with Gasteiger partial charge in [0, 0.05) is 29.8 Å². The summed E-state index contributed by atoms with van der Waals surface area (Å²) in [5, 5.41) is 6.04. The predicted molar refractivity (Wildman–Crippen MR) is 150 cm³/mol. The molecule has 1 aliphatic heterocycles. The number of hydrazone groups is 1. The monoisotopic (exact) mass is 514 g/mol. The molecule has 3 aromatic rings. The Balaban J connectivity index is 1.66. The largest absolute Gasteiger partial charge is 0.492 e. The van der Waals surface area contributed by atoms with Gasteiger partial charge in [-0.15, -0.1) is 0 Å². The number of hydrogen-bond acceptors (Lipinski definition) is 8. The summed E-state index contributed by atoms with van der Waals surface area (Å²) in [6.45, 7) is 4.66. The summed E-state index contributed by atoms with van der Waals surface area (Å²) in [4.78, 5) is 21.5. The maximum atomic E-state index is 13.4. The van der Waals surface area contributed by atoms with Crippen molar-refractivity contribution in [2.75, 3.05) is 25.2 Å². The van der Waals surface area contributed by atoms with E-state index in [0.717, 1.165) is 41.5 Å². The number of methoxy groups -OCH3 is 1. The highest BCUT2D eigenvalue weighted by Crippen LogP contribution is 2.36. The van der Waals surface area contributed by atoms with Crippen LogP contribution in [-0.4, -0.2) is 40.8 Å². The van der Waals surface area contributed by atoms with Gasteiger partial charge in [0.25, 0.3) is 5.91 Å². The molecule has 1 aromatic heterocycles. The van der Waals surface area contributed by atoms with Gasteiger partial charge in [0.2, 0.25) is 5.95 Å². The quantitative estimate of drug-likeness (QED) is 0.373. The molecule has 0 fully saturated rings. The molecule has 4 rings (SSSR count). The molecule has 0 bridgehead atoms. The standard InChI is InChI=1S/C29H34N6O3/c1-4-8-24-23-10-7-6-9-21(23)18-33-35(24)26(36)12-11-20-14-19(15-22-17-32-29(31)34-28(22)30)16-25(27(20)37-3)38-13-5-2/h6-7,9-12,14,16-18,24H,4-5,8,13,15H2,1-3H3,(H4,30,31,32,34)/b12-11+. The van der Waals surface area contributed by atoms with Crippen molar-refractivity contribution in [3.05, 3.63) is 76.5 Å². The van der Waals surface area contributed by atoms with E-state index in [-0.39, 0.29) is 17.9 Å². The molecule has 2 heterocycles. The Kier molecular flexibility index (Phi) is 8.58. The molecule has 4 N–H and O–H groups in total. The number of fused-ring (bicyclic) bond motifs is 1. The second kappa shape index (κ2) is 12.2. The summed E-state index contributed by atoms with van der Waals surface area (Å²) in [5.74, 6) is 1.36. The third kappa shape index (κ3) is 5.94. The third-order valence-corrected chi connectivity index (χ3v) is 6.29. The lowest BCUT2D eigenvalue weighted by Gasteiger charge is -2.31. The molecule has 9 nitrogen and oxygen atoms in total. The van der Waals surface area contributed by atoms with Crippen molar-refractivity contribution < 1.29 is 14.3 Å². The van der Waals surface area contributed by atoms with Gasteiger partial charge in [0.1, 0.15) is 5.82 Å². The van der Waals surface area contributed by atoms with Crippen molar-refractivity contribution >= 4 is 30.0 Å². The van der Waals surface area contributed by atoms with Crippen molar-refractivity contribution in [1.29, 1.82) is 0 Å². The first kappa shape index (κ1) is 26.7. The second-order valence-electron chi connectivity index (χ2n) is 9.07. The van der Waals surface area contributed by atoms with Crippen LogP contribution in [0.1, 0.15) is 67.0 Å². The van der Waals surface area contributed by atoms with Crippen LogP contribution >= 0.6 is 0 Å². The zero-order valence-corrected chi connectivity index (χ0v) is 22.1. The first-order chi connectivity index (χ1) is 18.4. The van der Waals surface area contributed by atoms with Gasteiger partial charge in [-0.2, -0.15) is 10.1 Å². The number of hydrogen-bond donors (Lipinski definition) is 2. The molecule has 0 saturated carbocycles. The number of nitrogens with zero attached hydrogens (tertiary/aromatic N) is 4. The predicted octanol–water partition coefficient (Wildman–Crippen LogP) is 4.76. The van der Waals surface area contributed by atoms with E-state index in [2.05, 4.69) is 28.1 Å². The highest BCUT2D eigenvalue weighted by atomic mass is 16.5. The lowest BCUT2D eigenvalue weighted by atomic mass is 9.95. The Morgan fingerprint density at radius 3 is 2.71 bits per heavy atom. The number of nitrogen functional groups attached to an aromatic ring is 2. The van der Waals surface area contributed by atoms with E-state index in [1.807, 2.05) is 37.3 Å². The normalized spacial score (nSPS) is 14.5. The molecule has 9 heteroatoms. The molecule has 198 valence electrons. The van der Waals surface area contributed by atoms with Crippen LogP contribution in [0.5, 0.6) is 11.5 Å². The average molecular weight is 515 g/mol. The number of carbonyl (C=O) groups excluding carboxylic acids is 1. The zero-order valence-electron chi connectivity index (χ0n) is 22.1. The SMILES string of the molecule is CCCOc1cc(Cc2cnc(N)nc2N)cc(/C=C/C(=O)N2N=Cc3ccccc3C2CCC)c1OC. The van der Waals surface area contributed by atoms with Crippen molar-refractivity contribution in [1.82, 2.24) is 15.0 Å². The summed E-state index contributed by atoms with van der Waals surface area (Å²) in [6, 6.07) is 11.8. The van der Waals surface area contributed by atoms with Gasteiger partial charge in [-0.3, -0.25) is 4.79 Å². The third-order valence-electron chi connectivity index (χ3n) is 6.29. The van der Waals surface area contributed by atoms with Gasteiger partial charge in [-0.05, 0) is 47.7 Å². The number of carbonyl (C=O) groups is 1. The van der Waals surface area contributed by atoms with Crippen molar-refractivity contribution in [2.24, 2.45) is 5.10 Å². The van der Waals surface area contributed by atoms with Crippen LogP contribution in [0.4, 0.5) is 11.8 Å². The number of aromatic nitrogens is 2. The van der Waals surface area contributed by atoms with Gasteiger partial charge in [0.05, 0.1) is 26.0 Å². The van der Waals surface area contributed by atoms with Crippen molar-refractivity contribution in [3.63, 3.8) is 0 Å². The molecular weight excluding hydrogens is 480 g/mol.